The third-order valence-corrected chi connectivity index (χ3v) is 5.12. The van der Waals surface area contributed by atoms with Crippen LogP contribution < -0.4 is 16.0 Å². The fraction of sp³-hybridized carbons (Fsp3) is 0.316. The second-order valence-electron chi connectivity index (χ2n) is 6.90. The molecular formula is C19H18N3O4-. The van der Waals surface area contributed by atoms with Crippen LogP contribution in [0.1, 0.15) is 28.4 Å². The highest BCUT2D eigenvalue weighted by molar-refractivity contribution is 5.92. The largest absolute Gasteiger partial charge is 0.545 e. The number of carbonyl (C=O) groups excluding carboxylic acids is 2. The van der Waals surface area contributed by atoms with E-state index in [1.54, 1.807) is 29.2 Å². The van der Waals surface area contributed by atoms with Gasteiger partial charge in [0.25, 0.3) is 5.56 Å². The Kier molecular flexibility index (Phi) is 3.99. The number of carboxylic acid groups (broad SMARTS) is 1. The molecule has 7 nitrogen and oxygen atoms in total. The summed E-state index contributed by atoms with van der Waals surface area (Å²) in [6.45, 7) is 1.73. The maximum absolute atomic E-state index is 12.6. The number of aromatic carboxylic acids is 1. The van der Waals surface area contributed by atoms with E-state index in [9.17, 15) is 19.5 Å². The number of fused-ring (bicyclic) bond motifs is 4. The van der Waals surface area contributed by atoms with Gasteiger partial charge in [-0.25, -0.2) is 4.79 Å². The lowest BCUT2D eigenvalue weighted by molar-refractivity contribution is -0.255. The quantitative estimate of drug-likeness (QED) is 0.867. The fourth-order valence-corrected chi connectivity index (χ4v) is 3.99. The number of likely N-dealkylation sites (tertiary alicyclic amines) is 1. The van der Waals surface area contributed by atoms with E-state index >= 15 is 0 Å². The molecular weight excluding hydrogens is 334 g/mol. The van der Waals surface area contributed by atoms with Gasteiger partial charge in [-0.2, -0.15) is 0 Å². The zero-order valence-electron chi connectivity index (χ0n) is 14.1. The molecule has 2 bridgehead atoms. The van der Waals surface area contributed by atoms with E-state index in [0.29, 0.717) is 25.3 Å². The van der Waals surface area contributed by atoms with Crippen LogP contribution in [-0.4, -0.2) is 34.6 Å². The van der Waals surface area contributed by atoms with Gasteiger partial charge in [-0.05, 0) is 36.1 Å². The van der Waals surface area contributed by atoms with Crippen molar-refractivity contribution in [2.24, 2.45) is 5.92 Å². The van der Waals surface area contributed by atoms with Crippen LogP contribution in [0.3, 0.4) is 0 Å². The fourth-order valence-electron chi connectivity index (χ4n) is 3.99. The number of aromatic nitrogens is 1. The number of hydrogen-bond donors (Lipinski definition) is 1. The molecule has 134 valence electrons. The van der Waals surface area contributed by atoms with Crippen molar-refractivity contribution in [2.75, 3.05) is 18.4 Å². The Morgan fingerprint density at radius 1 is 1.08 bits per heavy atom. The zero-order valence-corrected chi connectivity index (χ0v) is 14.1. The minimum absolute atomic E-state index is 0.00852. The molecule has 1 saturated heterocycles. The second-order valence-corrected chi connectivity index (χ2v) is 6.90. The molecule has 1 fully saturated rings. The van der Waals surface area contributed by atoms with Gasteiger partial charge in [-0.3, -0.25) is 4.79 Å². The van der Waals surface area contributed by atoms with E-state index < -0.39 is 5.97 Å². The zero-order chi connectivity index (χ0) is 18.3. The van der Waals surface area contributed by atoms with Gasteiger partial charge in [0, 0.05) is 43.0 Å². The molecule has 1 N–H and O–H groups in total. The van der Waals surface area contributed by atoms with Crippen molar-refractivity contribution in [2.45, 2.75) is 18.9 Å². The molecule has 0 radical (unpaired) electrons. The summed E-state index contributed by atoms with van der Waals surface area (Å²) in [7, 11) is 0. The van der Waals surface area contributed by atoms with Gasteiger partial charge < -0.3 is 24.7 Å². The minimum Gasteiger partial charge on any atom is -0.545 e. The smallest absolute Gasteiger partial charge is 0.321 e. The summed E-state index contributed by atoms with van der Waals surface area (Å²) in [6, 6.07) is 11.0. The molecule has 2 aromatic rings. The van der Waals surface area contributed by atoms with Crippen molar-refractivity contribution >= 4 is 17.7 Å². The summed E-state index contributed by atoms with van der Waals surface area (Å²) in [5, 5.41) is 13.7. The Labute approximate surface area is 149 Å². The molecule has 3 heterocycles. The Balaban J connectivity index is 1.52. The molecule has 0 unspecified atom stereocenters. The van der Waals surface area contributed by atoms with Gasteiger partial charge in [0.2, 0.25) is 0 Å². The number of urea groups is 1. The maximum atomic E-state index is 12.6. The summed E-state index contributed by atoms with van der Waals surface area (Å²) in [4.78, 5) is 37.4. The van der Waals surface area contributed by atoms with E-state index in [-0.39, 0.29) is 29.0 Å². The number of carbonyl (C=O) groups is 2. The SMILES string of the molecule is O=C([O-])c1cccc(NC(=O)N2C[C@H]3C[C@H](C2)c2cccc(=O)n2C3)c1. The van der Waals surface area contributed by atoms with Crippen molar-refractivity contribution in [1.82, 2.24) is 9.47 Å². The number of nitrogens with one attached hydrogen (secondary N) is 1. The van der Waals surface area contributed by atoms with Crippen molar-refractivity contribution < 1.29 is 14.7 Å². The van der Waals surface area contributed by atoms with Crippen LogP contribution >= 0.6 is 0 Å². The molecule has 0 saturated carbocycles. The number of piperidine rings is 1. The van der Waals surface area contributed by atoms with E-state index in [2.05, 4.69) is 5.32 Å². The van der Waals surface area contributed by atoms with Crippen molar-refractivity contribution in [3.8, 4) is 0 Å². The van der Waals surface area contributed by atoms with Crippen LogP contribution in [-0.2, 0) is 6.54 Å². The predicted molar refractivity (Wildman–Crippen MR) is 92.9 cm³/mol. The van der Waals surface area contributed by atoms with Gasteiger partial charge in [0.15, 0.2) is 0 Å². The van der Waals surface area contributed by atoms with E-state index in [1.165, 1.54) is 12.1 Å². The molecule has 2 aliphatic rings. The third kappa shape index (κ3) is 2.96. The number of hydrogen-bond acceptors (Lipinski definition) is 4. The third-order valence-electron chi connectivity index (χ3n) is 5.12. The highest BCUT2D eigenvalue weighted by Gasteiger charge is 2.36. The molecule has 2 amide bonds. The van der Waals surface area contributed by atoms with Crippen molar-refractivity contribution in [3.05, 3.63) is 64.1 Å². The lowest BCUT2D eigenvalue weighted by Gasteiger charge is -2.42. The van der Waals surface area contributed by atoms with E-state index in [1.807, 2.05) is 10.6 Å². The lowest BCUT2D eigenvalue weighted by atomic mass is 9.83. The number of anilines is 1. The molecule has 7 heteroatoms. The molecule has 26 heavy (non-hydrogen) atoms. The van der Waals surface area contributed by atoms with Crippen LogP contribution in [0, 0.1) is 5.92 Å². The highest BCUT2D eigenvalue weighted by Crippen LogP contribution is 2.35. The Morgan fingerprint density at radius 2 is 1.88 bits per heavy atom. The van der Waals surface area contributed by atoms with Crippen LogP contribution in [0.2, 0.25) is 0 Å². The number of nitrogens with zero attached hydrogens (tertiary/aromatic N) is 2. The molecule has 1 aromatic carbocycles. The maximum Gasteiger partial charge on any atom is 0.321 e. The Morgan fingerprint density at radius 3 is 2.69 bits per heavy atom. The van der Waals surface area contributed by atoms with Crippen LogP contribution in [0.15, 0.2) is 47.3 Å². The van der Waals surface area contributed by atoms with Crippen molar-refractivity contribution in [1.29, 1.82) is 0 Å². The summed E-state index contributed by atoms with van der Waals surface area (Å²) in [5.41, 5.74) is 1.43. The minimum atomic E-state index is -1.28. The van der Waals surface area contributed by atoms with Gasteiger partial charge >= 0.3 is 6.03 Å². The topological polar surface area (TPSA) is 94.5 Å². The summed E-state index contributed by atoms with van der Waals surface area (Å²) in [6.07, 6.45) is 0.966. The molecule has 2 aliphatic heterocycles. The molecule has 4 rings (SSSR count). The summed E-state index contributed by atoms with van der Waals surface area (Å²) in [5.74, 6) is -0.908. The monoisotopic (exact) mass is 352 g/mol. The molecule has 0 spiro atoms. The highest BCUT2D eigenvalue weighted by atomic mass is 16.4. The van der Waals surface area contributed by atoms with Gasteiger partial charge in [-0.1, -0.05) is 18.2 Å². The molecule has 2 atom stereocenters. The first-order valence-electron chi connectivity index (χ1n) is 8.58. The number of rotatable bonds is 2. The van der Waals surface area contributed by atoms with Crippen LogP contribution in [0.25, 0.3) is 0 Å². The van der Waals surface area contributed by atoms with Crippen LogP contribution in [0.4, 0.5) is 10.5 Å². The summed E-state index contributed by atoms with van der Waals surface area (Å²) < 4.78 is 1.82. The predicted octanol–water partition coefficient (Wildman–Crippen LogP) is 0.863. The van der Waals surface area contributed by atoms with Gasteiger partial charge in [0.05, 0.1) is 5.97 Å². The van der Waals surface area contributed by atoms with Gasteiger partial charge in [0.1, 0.15) is 0 Å². The van der Waals surface area contributed by atoms with Crippen molar-refractivity contribution in [3.63, 3.8) is 0 Å². The van der Waals surface area contributed by atoms with Gasteiger partial charge in [-0.15, -0.1) is 0 Å². The average Bonchev–Trinajstić information content (AvgIpc) is 2.62. The molecule has 0 aliphatic carbocycles. The van der Waals surface area contributed by atoms with E-state index in [4.69, 9.17) is 0 Å². The second kappa shape index (κ2) is 6.33. The lowest BCUT2D eigenvalue weighted by Crippen LogP contribution is -2.50. The number of amides is 2. The average molecular weight is 352 g/mol. The summed E-state index contributed by atoms with van der Waals surface area (Å²) >= 11 is 0. The Hall–Kier alpha value is -3.09. The Bertz CT molecular complexity index is 936. The molecule has 1 aromatic heterocycles. The number of pyridine rings is 1. The first-order valence-corrected chi connectivity index (χ1v) is 8.58. The number of carboxylic acids is 1. The standard InChI is InChI=1S/C19H19N3O4/c23-17-6-2-5-16-14-7-12(10-22(16)17)9-21(11-14)19(26)20-15-4-1-3-13(8-15)18(24)25/h1-6,8,12,14H,7,9-11H2,(H,20,26)(H,24,25)/p-1/t12-,14-/m1/s1. The first kappa shape index (κ1) is 16.4. The van der Waals surface area contributed by atoms with Crippen LogP contribution in [0.5, 0.6) is 0 Å². The van der Waals surface area contributed by atoms with E-state index in [0.717, 1.165) is 12.1 Å². The normalized spacial score (nSPS) is 21.0. The first-order chi connectivity index (χ1) is 12.5. The number of benzene rings is 1.